The Balaban J connectivity index is 1.73. The topological polar surface area (TPSA) is 44.8 Å². The van der Waals surface area contributed by atoms with Crippen molar-refractivity contribution >= 4 is 21.8 Å². The first-order chi connectivity index (χ1) is 13.1. The Bertz CT molecular complexity index is 758. The summed E-state index contributed by atoms with van der Waals surface area (Å²) < 4.78 is 6.18. The van der Waals surface area contributed by atoms with Crippen molar-refractivity contribution in [1.82, 2.24) is 15.1 Å². The molecule has 6 heteroatoms. The number of nitrogens with zero attached hydrogens (tertiary/aromatic N) is 2. The average Bonchev–Trinajstić information content (AvgIpc) is 2.69. The molecule has 0 bridgehead atoms. The van der Waals surface area contributed by atoms with Crippen molar-refractivity contribution in [3.05, 3.63) is 64.1 Å². The molecule has 1 saturated heterocycles. The van der Waals surface area contributed by atoms with E-state index in [9.17, 15) is 4.79 Å². The average molecular weight is 432 g/mol. The van der Waals surface area contributed by atoms with E-state index in [4.69, 9.17) is 4.74 Å². The molecule has 2 aromatic carbocycles. The SMILES string of the molecule is COc1ccc([C@@H](CNC(=O)c2cccc(Br)c2)N2CCN(C)CC2)cc1. The minimum absolute atomic E-state index is 0.0519. The number of carbonyl (C=O) groups is 1. The van der Waals surface area contributed by atoms with E-state index in [2.05, 4.69) is 50.2 Å². The molecule has 1 amide bonds. The van der Waals surface area contributed by atoms with Crippen LogP contribution in [0.3, 0.4) is 0 Å². The number of amides is 1. The lowest BCUT2D eigenvalue weighted by molar-refractivity contribution is 0.0886. The van der Waals surface area contributed by atoms with Crippen molar-refractivity contribution in [3.8, 4) is 5.75 Å². The molecular weight excluding hydrogens is 406 g/mol. The predicted molar refractivity (Wildman–Crippen MR) is 111 cm³/mol. The van der Waals surface area contributed by atoms with Crippen LogP contribution in [0, 0.1) is 0 Å². The van der Waals surface area contributed by atoms with E-state index >= 15 is 0 Å². The second-order valence-electron chi connectivity index (χ2n) is 6.85. The summed E-state index contributed by atoms with van der Waals surface area (Å²) in [6.07, 6.45) is 0. The van der Waals surface area contributed by atoms with Gasteiger partial charge in [0.15, 0.2) is 0 Å². The largest absolute Gasteiger partial charge is 0.497 e. The first-order valence-corrected chi connectivity index (χ1v) is 9.96. The Morgan fingerprint density at radius 2 is 1.85 bits per heavy atom. The van der Waals surface area contributed by atoms with Gasteiger partial charge in [-0.15, -0.1) is 0 Å². The van der Waals surface area contributed by atoms with Crippen LogP contribution in [0.15, 0.2) is 53.0 Å². The van der Waals surface area contributed by atoms with Crippen LogP contribution in [-0.2, 0) is 0 Å². The monoisotopic (exact) mass is 431 g/mol. The van der Waals surface area contributed by atoms with Crippen LogP contribution >= 0.6 is 15.9 Å². The number of halogens is 1. The number of carbonyl (C=O) groups excluding carboxylic acids is 1. The number of nitrogens with one attached hydrogen (secondary N) is 1. The lowest BCUT2D eigenvalue weighted by Gasteiger charge is -2.38. The molecule has 0 unspecified atom stereocenters. The van der Waals surface area contributed by atoms with E-state index < -0.39 is 0 Å². The molecular formula is C21H26BrN3O2. The normalized spacial score (nSPS) is 16.7. The fourth-order valence-corrected chi connectivity index (χ4v) is 3.74. The molecule has 3 rings (SSSR count). The molecule has 27 heavy (non-hydrogen) atoms. The summed E-state index contributed by atoms with van der Waals surface area (Å²) in [6.45, 7) is 4.61. The van der Waals surface area contributed by atoms with Gasteiger partial charge in [-0.3, -0.25) is 9.69 Å². The minimum Gasteiger partial charge on any atom is -0.497 e. The van der Waals surface area contributed by atoms with Crippen molar-refractivity contribution in [2.75, 3.05) is 46.9 Å². The van der Waals surface area contributed by atoms with Crippen molar-refractivity contribution in [2.24, 2.45) is 0 Å². The van der Waals surface area contributed by atoms with Gasteiger partial charge >= 0.3 is 0 Å². The Hall–Kier alpha value is -1.89. The molecule has 0 saturated carbocycles. The molecule has 0 spiro atoms. The van der Waals surface area contributed by atoms with Crippen LogP contribution in [0.2, 0.25) is 0 Å². The number of piperazine rings is 1. The van der Waals surface area contributed by atoms with Crippen LogP contribution in [0.5, 0.6) is 5.75 Å². The Kier molecular flexibility index (Phi) is 6.88. The van der Waals surface area contributed by atoms with Gasteiger partial charge in [0, 0.05) is 42.8 Å². The molecule has 1 fully saturated rings. The maximum atomic E-state index is 12.6. The minimum atomic E-state index is -0.0519. The summed E-state index contributed by atoms with van der Waals surface area (Å²) in [5.74, 6) is 0.790. The van der Waals surface area contributed by atoms with Gasteiger partial charge in [0.05, 0.1) is 13.2 Å². The number of hydrogen-bond donors (Lipinski definition) is 1. The highest BCUT2D eigenvalue weighted by molar-refractivity contribution is 9.10. The molecule has 0 aliphatic carbocycles. The summed E-state index contributed by atoms with van der Waals surface area (Å²) >= 11 is 3.42. The van der Waals surface area contributed by atoms with E-state index in [1.54, 1.807) is 7.11 Å². The third-order valence-corrected chi connectivity index (χ3v) is 5.52. The maximum Gasteiger partial charge on any atom is 0.251 e. The predicted octanol–water partition coefficient (Wildman–Crippen LogP) is 3.18. The van der Waals surface area contributed by atoms with Gasteiger partial charge < -0.3 is 15.0 Å². The highest BCUT2D eigenvalue weighted by Crippen LogP contribution is 2.24. The zero-order valence-electron chi connectivity index (χ0n) is 15.8. The van der Waals surface area contributed by atoms with Gasteiger partial charge in [-0.2, -0.15) is 0 Å². The number of methoxy groups -OCH3 is 1. The lowest BCUT2D eigenvalue weighted by Crippen LogP contribution is -2.48. The molecule has 1 aliphatic heterocycles. The molecule has 5 nitrogen and oxygen atoms in total. The summed E-state index contributed by atoms with van der Waals surface area (Å²) in [5, 5.41) is 3.12. The number of hydrogen-bond acceptors (Lipinski definition) is 4. The first-order valence-electron chi connectivity index (χ1n) is 9.17. The molecule has 144 valence electrons. The van der Waals surface area contributed by atoms with Gasteiger partial charge in [-0.05, 0) is 42.9 Å². The molecule has 1 heterocycles. The number of benzene rings is 2. The fourth-order valence-electron chi connectivity index (χ4n) is 3.34. The van der Waals surface area contributed by atoms with Crippen LogP contribution in [0.1, 0.15) is 22.0 Å². The Labute approximate surface area is 169 Å². The van der Waals surface area contributed by atoms with Crippen LogP contribution in [0.25, 0.3) is 0 Å². The summed E-state index contributed by atoms with van der Waals surface area (Å²) in [5.41, 5.74) is 1.85. The van der Waals surface area contributed by atoms with Crippen LogP contribution in [-0.4, -0.2) is 62.6 Å². The fraction of sp³-hybridized carbons (Fsp3) is 0.381. The van der Waals surface area contributed by atoms with Crippen molar-refractivity contribution in [2.45, 2.75) is 6.04 Å². The standard InChI is InChI=1S/C21H26BrN3O2/c1-24-10-12-25(13-11-24)20(16-6-8-19(27-2)9-7-16)15-23-21(26)17-4-3-5-18(22)14-17/h3-9,14,20H,10-13,15H2,1-2H3,(H,23,26)/t20-/m1/s1. The van der Waals surface area contributed by atoms with Gasteiger partial charge in [0.2, 0.25) is 0 Å². The second kappa shape index (κ2) is 9.35. The van der Waals surface area contributed by atoms with E-state index in [-0.39, 0.29) is 11.9 Å². The second-order valence-corrected chi connectivity index (χ2v) is 7.76. The number of ether oxygens (including phenoxy) is 1. The highest BCUT2D eigenvalue weighted by Gasteiger charge is 2.24. The van der Waals surface area contributed by atoms with Crippen LogP contribution < -0.4 is 10.1 Å². The zero-order valence-corrected chi connectivity index (χ0v) is 17.4. The van der Waals surface area contributed by atoms with Crippen molar-refractivity contribution in [1.29, 1.82) is 0 Å². The summed E-state index contributed by atoms with van der Waals surface area (Å²) in [6, 6.07) is 15.7. The van der Waals surface area contributed by atoms with E-state index in [0.717, 1.165) is 36.4 Å². The Morgan fingerprint density at radius 3 is 2.48 bits per heavy atom. The lowest BCUT2D eigenvalue weighted by atomic mass is 10.0. The summed E-state index contributed by atoms with van der Waals surface area (Å²) in [4.78, 5) is 17.4. The van der Waals surface area contributed by atoms with Gasteiger partial charge in [-0.1, -0.05) is 34.1 Å². The van der Waals surface area contributed by atoms with E-state index in [0.29, 0.717) is 12.1 Å². The third-order valence-electron chi connectivity index (χ3n) is 5.02. The van der Waals surface area contributed by atoms with Gasteiger partial charge in [-0.25, -0.2) is 0 Å². The molecule has 1 aliphatic rings. The van der Waals surface area contributed by atoms with E-state index in [1.807, 2.05) is 36.4 Å². The highest BCUT2D eigenvalue weighted by atomic mass is 79.9. The zero-order chi connectivity index (χ0) is 19.2. The number of likely N-dealkylation sites (N-methyl/N-ethyl adjacent to an activating group) is 1. The maximum absolute atomic E-state index is 12.6. The molecule has 0 radical (unpaired) electrons. The summed E-state index contributed by atoms with van der Waals surface area (Å²) in [7, 11) is 3.82. The van der Waals surface area contributed by atoms with Gasteiger partial charge in [0.25, 0.3) is 5.91 Å². The molecule has 0 aromatic heterocycles. The molecule has 1 N–H and O–H groups in total. The molecule has 2 aromatic rings. The molecule has 1 atom stereocenters. The van der Waals surface area contributed by atoms with E-state index in [1.165, 1.54) is 5.56 Å². The van der Waals surface area contributed by atoms with Crippen molar-refractivity contribution < 1.29 is 9.53 Å². The van der Waals surface area contributed by atoms with Crippen molar-refractivity contribution in [3.63, 3.8) is 0 Å². The third kappa shape index (κ3) is 5.31. The number of rotatable bonds is 6. The first kappa shape index (κ1) is 19.9. The van der Waals surface area contributed by atoms with Gasteiger partial charge in [0.1, 0.15) is 5.75 Å². The van der Waals surface area contributed by atoms with Crippen LogP contribution in [0.4, 0.5) is 0 Å². The Morgan fingerprint density at radius 1 is 1.15 bits per heavy atom. The quantitative estimate of drug-likeness (QED) is 0.762. The smallest absolute Gasteiger partial charge is 0.251 e.